The second-order valence-corrected chi connectivity index (χ2v) is 10.1. The summed E-state index contributed by atoms with van der Waals surface area (Å²) in [4.78, 5) is 16.7. The number of benzene rings is 2. The second-order valence-electron chi connectivity index (χ2n) is 6.80. The Bertz CT molecular complexity index is 1220. The van der Waals surface area contributed by atoms with Crippen LogP contribution in [-0.4, -0.2) is 23.6 Å². The molecule has 1 N–H and O–H groups in total. The first kappa shape index (κ1) is 20.0. The topological polar surface area (TPSA) is 79.4 Å². The minimum atomic E-state index is -3.69. The number of aromatic nitrogens is 1. The van der Waals surface area contributed by atoms with Crippen molar-refractivity contribution in [1.82, 2.24) is 9.29 Å². The maximum Gasteiger partial charge on any atom is 0.245 e. The Morgan fingerprint density at radius 2 is 1.90 bits per heavy atom. The second kappa shape index (κ2) is 7.53. The standard InChI is InChI=1S/C20H18ClN3O3S2/c1-12-19(28-20(22-12)23-13(2)25)14-7-8-15-10-24(11-16(15)9-14)29(26,27)18-6-4-3-5-17(18)21/h3-9H,10-11H2,1-2H3,(H,22,23,25). The van der Waals surface area contributed by atoms with Crippen molar-refractivity contribution in [3.63, 3.8) is 0 Å². The predicted octanol–water partition coefficient (Wildman–Crippen LogP) is 4.43. The van der Waals surface area contributed by atoms with Crippen LogP contribution in [0.15, 0.2) is 47.4 Å². The zero-order valence-corrected chi connectivity index (χ0v) is 18.2. The fourth-order valence-electron chi connectivity index (χ4n) is 3.34. The Labute approximate surface area is 178 Å². The van der Waals surface area contributed by atoms with Crippen LogP contribution in [0.3, 0.4) is 0 Å². The van der Waals surface area contributed by atoms with Gasteiger partial charge in [0.2, 0.25) is 15.9 Å². The number of sulfonamides is 1. The molecule has 1 aliphatic rings. The SMILES string of the molecule is CC(=O)Nc1nc(C)c(-c2ccc3c(c2)CN(S(=O)(=O)c2ccccc2Cl)C3)s1. The van der Waals surface area contributed by atoms with Gasteiger partial charge in [0, 0.05) is 20.0 Å². The Kier molecular flexibility index (Phi) is 5.20. The molecule has 2 heterocycles. The number of aryl methyl sites for hydroxylation is 1. The maximum atomic E-state index is 13.0. The van der Waals surface area contributed by atoms with Crippen molar-refractivity contribution in [3.05, 3.63) is 64.3 Å². The van der Waals surface area contributed by atoms with Crippen molar-refractivity contribution in [2.24, 2.45) is 0 Å². The van der Waals surface area contributed by atoms with Crippen molar-refractivity contribution < 1.29 is 13.2 Å². The monoisotopic (exact) mass is 447 g/mol. The lowest BCUT2D eigenvalue weighted by molar-refractivity contribution is -0.114. The van der Waals surface area contributed by atoms with Crippen molar-refractivity contribution in [3.8, 4) is 10.4 Å². The number of carbonyl (C=O) groups is 1. The van der Waals surface area contributed by atoms with Gasteiger partial charge < -0.3 is 5.32 Å². The third kappa shape index (κ3) is 3.81. The molecule has 0 bridgehead atoms. The van der Waals surface area contributed by atoms with E-state index < -0.39 is 10.0 Å². The van der Waals surface area contributed by atoms with E-state index in [4.69, 9.17) is 11.6 Å². The van der Waals surface area contributed by atoms with E-state index in [1.54, 1.807) is 18.2 Å². The highest BCUT2D eigenvalue weighted by atomic mass is 35.5. The highest BCUT2D eigenvalue weighted by Crippen LogP contribution is 2.37. The number of hydrogen-bond donors (Lipinski definition) is 1. The Morgan fingerprint density at radius 1 is 1.17 bits per heavy atom. The van der Waals surface area contributed by atoms with Crippen LogP contribution in [-0.2, 0) is 27.9 Å². The number of amides is 1. The van der Waals surface area contributed by atoms with Crippen LogP contribution in [0.2, 0.25) is 5.02 Å². The van der Waals surface area contributed by atoms with E-state index in [2.05, 4.69) is 10.3 Å². The van der Waals surface area contributed by atoms with Crippen LogP contribution < -0.4 is 5.32 Å². The number of carbonyl (C=O) groups excluding carboxylic acids is 1. The number of rotatable bonds is 4. The molecule has 1 aromatic heterocycles. The Balaban J connectivity index is 1.63. The van der Waals surface area contributed by atoms with Crippen molar-refractivity contribution in [1.29, 1.82) is 0 Å². The van der Waals surface area contributed by atoms with Gasteiger partial charge in [0.05, 0.1) is 15.6 Å². The van der Waals surface area contributed by atoms with Crippen molar-refractivity contribution >= 4 is 44.0 Å². The number of nitrogens with one attached hydrogen (secondary N) is 1. The van der Waals surface area contributed by atoms with E-state index in [1.807, 2.05) is 25.1 Å². The van der Waals surface area contributed by atoms with E-state index in [-0.39, 0.29) is 22.4 Å². The first-order valence-corrected chi connectivity index (χ1v) is 11.5. The van der Waals surface area contributed by atoms with Crippen LogP contribution in [0.1, 0.15) is 23.7 Å². The molecular formula is C20H18ClN3O3S2. The number of fused-ring (bicyclic) bond motifs is 1. The summed E-state index contributed by atoms with van der Waals surface area (Å²) in [6, 6.07) is 12.4. The summed E-state index contributed by atoms with van der Waals surface area (Å²) in [5.41, 5.74) is 3.69. The van der Waals surface area contributed by atoms with Gasteiger partial charge >= 0.3 is 0 Å². The lowest BCUT2D eigenvalue weighted by atomic mass is 10.0. The minimum absolute atomic E-state index is 0.118. The van der Waals surface area contributed by atoms with Crippen LogP contribution in [0, 0.1) is 6.92 Å². The molecule has 1 aliphatic heterocycles. The maximum absolute atomic E-state index is 13.0. The smallest absolute Gasteiger partial charge is 0.245 e. The number of anilines is 1. The van der Waals surface area contributed by atoms with E-state index in [1.165, 1.54) is 28.6 Å². The quantitative estimate of drug-likeness (QED) is 0.641. The van der Waals surface area contributed by atoms with E-state index in [0.29, 0.717) is 11.7 Å². The molecule has 0 unspecified atom stereocenters. The van der Waals surface area contributed by atoms with Gasteiger partial charge in [-0.15, -0.1) is 0 Å². The summed E-state index contributed by atoms with van der Waals surface area (Å²) in [5.74, 6) is -0.167. The lowest BCUT2D eigenvalue weighted by Crippen LogP contribution is -2.25. The van der Waals surface area contributed by atoms with Gasteiger partial charge in [-0.25, -0.2) is 13.4 Å². The predicted molar refractivity (Wildman–Crippen MR) is 114 cm³/mol. The van der Waals surface area contributed by atoms with E-state index in [9.17, 15) is 13.2 Å². The van der Waals surface area contributed by atoms with Crippen molar-refractivity contribution in [2.75, 3.05) is 5.32 Å². The molecule has 150 valence electrons. The molecule has 6 nitrogen and oxygen atoms in total. The molecule has 4 rings (SSSR count). The van der Waals surface area contributed by atoms with Gasteiger partial charge in [-0.1, -0.05) is 47.2 Å². The largest absolute Gasteiger partial charge is 0.302 e. The van der Waals surface area contributed by atoms with Gasteiger partial charge in [-0.3, -0.25) is 4.79 Å². The fraction of sp³-hybridized carbons (Fsp3) is 0.200. The third-order valence-electron chi connectivity index (χ3n) is 4.70. The van der Waals surface area contributed by atoms with Gasteiger partial charge in [-0.2, -0.15) is 4.31 Å². The molecule has 9 heteroatoms. The number of hydrogen-bond acceptors (Lipinski definition) is 5. The van der Waals surface area contributed by atoms with Gasteiger partial charge in [0.15, 0.2) is 5.13 Å². The van der Waals surface area contributed by atoms with E-state index in [0.717, 1.165) is 27.3 Å². The van der Waals surface area contributed by atoms with Gasteiger partial charge in [0.1, 0.15) is 4.90 Å². The molecular weight excluding hydrogens is 430 g/mol. The number of halogens is 1. The normalized spacial score (nSPS) is 14.0. The molecule has 0 fully saturated rings. The Hall–Kier alpha value is -2.26. The lowest BCUT2D eigenvalue weighted by Gasteiger charge is -2.16. The van der Waals surface area contributed by atoms with Crippen LogP contribution in [0.25, 0.3) is 10.4 Å². The summed E-state index contributed by atoms with van der Waals surface area (Å²) < 4.78 is 27.5. The Morgan fingerprint density at radius 3 is 2.62 bits per heavy atom. The molecule has 0 saturated heterocycles. The highest BCUT2D eigenvalue weighted by molar-refractivity contribution is 7.89. The summed E-state index contributed by atoms with van der Waals surface area (Å²) in [6.07, 6.45) is 0. The van der Waals surface area contributed by atoms with Gasteiger partial charge in [0.25, 0.3) is 0 Å². The van der Waals surface area contributed by atoms with Crippen LogP contribution in [0.4, 0.5) is 5.13 Å². The summed E-state index contributed by atoms with van der Waals surface area (Å²) in [7, 11) is -3.69. The zero-order chi connectivity index (χ0) is 20.8. The molecule has 0 radical (unpaired) electrons. The summed E-state index contributed by atoms with van der Waals surface area (Å²) in [6.45, 7) is 3.92. The summed E-state index contributed by atoms with van der Waals surface area (Å²) in [5, 5.41) is 3.47. The number of thiazole rings is 1. The third-order valence-corrected chi connectivity index (χ3v) is 8.11. The average Bonchev–Trinajstić information content (AvgIpc) is 3.24. The molecule has 0 saturated carbocycles. The molecule has 3 aromatic rings. The average molecular weight is 448 g/mol. The van der Waals surface area contributed by atoms with Crippen molar-refractivity contribution in [2.45, 2.75) is 31.8 Å². The van der Waals surface area contributed by atoms with Crippen LogP contribution >= 0.6 is 22.9 Å². The van der Waals surface area contributed by atoms with Crippen LogP contribution in [0.5, 0.6) is 0 Å². The minimum Gasteiger partial charge on any atom is -0.302 e. The first-order chi connectivity index (χ1) is 13.8. The fourth-order valence-corrected chi connectivity index (χ4v) is 6.23. The highest BCUT2D eigenvalue weighted by Gasteiger charge is 2.32. The molecule has 0 spiro atoms. The van der Waals surface area contributed by atoms with Gasteiger partial charge in [-0.05, 0) is 41.8 Å². The first-order valence-electron chi connectivity index (χ1n) is 8.87. The molecule has 29 heavy (non-hydrogen) atoms. The zero-order valence-electron chi connectivity index (χ0n) is 15.8. The molecule has 2 aromatic carbocycles. The summed E-state index contributed by atoms with van der Waals surface area (Å²) >= 11 is 7.52. The van der Waals surface area contributed by atoms with E-state index >= 15 is 0 Å². The number of nitrogens with zero attached hydrogens (tertiary/aromatic N) is 2. The molecule has 0 atom stereocenters. The molecule has 0 aliphatic carbocycles. The molecule has 1 amide bonds.